The maximum absolute atomic E-state index is 3.49. The van der Waals surface area contributed by atoms with Crippen LogP contribution >= 0.6 is 15.9 Å². The lowest BCUT2D eigenvalue weighted by Crippen LogP contribution is -2.37. The van der Waals surface area contributed by atoms with E-state index in [1.54, 1.807) is 0 Å². The number of hydrogen-bond acceptors (Lipinski definition) is 2. The smallest absolute Gasteiger partial charge is 0.0175 e. The highest BCUT2D eigenvalue weighted by atomic mass is 79.9. The van der Waals surface area contributed by atoms with Crippen molar-refractivity contribution < 1.29 is 0 Å². The molecule has 0 aliphatic carbocycles. The number of rotatable bonds is 7. The van der Waals surface area contributed by atoms with Crippen molar-refractivity contribution >= 4 is 15.9 Å². The van der Waals surface area contributed by atoms with Gasteiger partial charge in [-0.2, -0.15) is 0 Å². The molecule has 1 aromatic carbocycles. The molecule has 0 heterocycles. The zero-order valence-corrected chi connectivity index (χ0v) is 13.3. The lowest BCUT2D eigenvalue weighted by atomic mass is 10.1. The number of halogens is 1. The van der Waals surface area contributed by atoms with Gasteiger partial charge in [0.05, 0.1) is 0 Å². The molecule has 0 aliphatic heterocycles. The molecule has 102 valence electrons. The maximum Gasteiger partial charge on any atom is 0.0175 e. The summed E-state index contributed by atoms with van der Waals surface area (Å²) in [5.41, 5.74) is 1.62. The van der Waals surface area contributed by atoms with E-state index in [4.69, 9.17) is 0 Å². The van der Waals surface area contributed by atoms with E-state index in [2.05, 4.69) is 71.6 Å². The summed E-state index contributed by atoms with van der Waals surface area (Å²) < 4.78 is 1.15. The molecule has 2 N–H and O–H groups in total. The highest BCUT2D eigenvalue weighted by Crippen LogP contribution is 2.10. The fraction of sp³-hybridized carbons (Fsp3) is 0.600. The van der Waals surface area contributed by atoms with E-state index < -0.39 is 0 Å². The molecule has 0 fully saturated rings. The molecule has 0 aromatic heterocycles. The third-order valence-electron chi connectivity index (χ3n) is 2.69. The highest BCUT2D eigenvalue weighted by Gasteiger charge is 2.06. The number of benzene rings is 1. The average molecular weight is 313 g/mol. The molecule has 1 rings (SSSR count). The van der Waals surface area contributed by atoms with Gasteiger partial charge in [-0.25, -0.2) is 0 Å². The summed E-state index contributed by atoms with van der Waals surface area (Å²) in [6, 6.07) is 8.55. The first-order valence-corrected chi connectivity index (χ1v) is 7.47. The molecule has 0 spiro atoms. The van der Waals surface area contributed by atoms with Crippen molar-refractivity contribution in [3.63, 3.8) is 0 Å². The molecule has 0 atom stereocenters. The van der Waals surface area contributed by atoms with Gasteiger partial charge in [-0.3, -0.25) is 0 Å². The van der Waals surface area contributed by atoms with Crippen LogP contribution in [0.25, 0.3) is 0 Å². The summed E-state index contributed by atoms with van der Waals surface area (Å²) in [7, 11) is 0. The quantitative estimate of drug-likeness (QED) is 0.754. The molecule has 0 saturated heterocycles. The zero-order chi connectivity index (χ0) is 13.4. The SMILES string of the molecule is CC(C)(C)NCCCNCCc1ccc(Br)cc1. The fourth-order valence-corrected chi connectivity index (χ4v) is 1.95. The first-order chi connectivity index (χ1) is 8.47. The minimum atomic E-state index is 0.234. The van der Waals surface area contributed by atoms with Crippen molar-refractivity contribution in [1.82, 2.24) is 10.6 Å². The van der Waals surface area contributed by atoms with Gasteiger partial charge < -0.3 is 10.6 Å². The molecular weight excluding hydrogens is 288 g/mol. The van der Waals surface area contributed by atoms with Crippen molar-refractivity contribution in [2.45, 2.75) is 39.2 Å². The number of nitrogens with one attached hydrogen (secondary N) is 2. The lowest BCUT2D eigenvalue weighted by Gasteiger charge is -2.20. The van der Waals surface area contributed by atoms with Crippen LogP contribution in [-0.4, -0.2) is 25.2 Å². The normalized spacial score (nSPS) is 11.8. The van der Waals surface area contributed by atoms with Crippen LogP contribution in [-0.2, 0) is 6.42 Å². The van der Waals surface area contributed by atoms with Crippen molar-refractivity contribution in [3.05, 3.63) is 34.3 Å². The van der Waals surface area contributed by atoms with E-state index in [9.17, 15) is 0 Å². The predicted molar refractivity (Wildman–Crippen MR) is 83.1 cm³/mol. The van der Waals surface area contributed by atoms with Crippen molar-refractivity contribution in [2.24, 2.45) is 0 Å². The minimum absolute atomic E-state index is 0.234. The predicted octanol–water partition coefficient (Wildman–Crippen LogP) is 3.36. The van der Waals surface area contributed by atoms with Gasteiger partial charge in [0.15, 0.2) is 0 Å². The molecule has 0 aliphatic rings. The molecule has 3 heteroatoms. The Balaban J connectivity index is 2.00. The Kier molecular flexibility index (Phi) is 6.90. The third kappa shape index (κ3) is 7.85. The van der Waals surface area contributed by atoms with Crippen molar-refractivity contribution in [2.75, 3.05) is 19.6 Å². The summed E-state index contributed by atoms with van der Waals surface area (Å²) in [5, 5.41) is 6.97. The van der Waals surface area contributed by atoms with Gasteiger partial charge in [-0.05, 0) is 70.9 Å². The van der Waals surface area contributed by atoms with E-state index in [0.29, 0.717) is 0 Å². The van der Waals surface area contributed by atoms with Gasteiger partial charge >= 0.3 is 0 Å². The Morgan fingerprint density at radius 2 is 1.67 bits per heavy atom. The fourth-order valence-electron chi connectivity index (χ4n) is 1.69. The Hall–Kier alpha value is -0.380. The monoisotopic (exact) mass is 312 g/mol. The Labute approximate surface area is 120 Å². The van der Waals surface area contributed by atoms with Crippen LogP contribution in [0.3, 0.4) is 0 Å². The molecule has 0 unspecified atom stereocenters. The molecule has 0 bridgehead atoms. The molecule has 0 amide bonds. The molecule has 0 radical (unpaired) electrons. The summed E-state index contributed by atoms with van der Waals surface area (Å²) in [6.07, 6.45) is 2.28. The molecular formula is C15H25BrN2. The van der Waals surface area contributed by atoms with Crippen LogP contribution in [0.4, 0.5) is 0 Å². The second-order valence-corrected chi connectivity index (χ2v) is 6.57. The van der Waals surface area contributed by atoms with Crippen molar-refractivity contribution in [3.8, 4) is 0 Å². The summed E-state index contributed by atoms with van der Waals surface area (Å²) in [4.78, 5) is 0. The largest absolute Gasteiger partial charge is 0.316 e. The Morgan fingerprint density at radius 3 is 2.28 bits per heavy atom. The van der Waals surface area contributed by atoms with Crippen LogP contribution in [0.1, 0.15) is 32.8 Å². The second-order valence-electron chi connectivity index (χ2n) is 5.66. The standard InChI is InChI=1S/C15H25BrN2/c1-15(2,3)18-11-4-10-17-12-9-13-5-7-14(16)8-6-13/h5-8,17-18H,4,9-12H2,1-3H3. The Morgan fingerprint density at radius 1 is 1.00 bits per heavy atom. The van der Waals surface area contributed by atoms with E-state index in [1.165, 1.54) is 12.0 Å². The number of hydrogen-bond donors (Lipinski definition) is 2. The highest BCUT2D eigenvalue weighted by molar-refractivity contribution is 9.10. The summed E-state index contributed by atoms with van der Waals surface area (Å²) in [6.45, 7) is 9.82. The molecule has 2 nitrogen and oxygen atoms in total. The molecule has 1 aromatic rings. The lowest BCUT2D eigenvalue weighted by molar-refractivity contribution is 0.419. The van der Waals surface area contributed by atoms with Gasteiger partial charge in [0.1, 0.15) is 0 Å². The van der Waals surface area contributed by atoms with Crippen LogP contribution in [0.2, 0.25) is 0 Å². The third-order valence-corrected chi connectivity index (χ3v) is 3.22. The van der Waals surface area contributed by atoms with E-state index in [0.717, 1.165) is 30.5 Å². The Bertz CT molecular complexity index is 327. The molecule has 18 heavy (non-hydrogen) atoms. The summed E-state index contributed by atoms with van der Waals surface area (Å²) in [5.74, 6) is 0. The van der Waals surface area contributed by atoms with Gasteiger partial charge in [0.25, 0.3) is 0 Å². The zero-order valence-electron chi connectivity index (χ0n) is 11.7. The van der Waals surface area contributed by atoms with E-state index in [1.807, 2.05) is 0 Å². The van der Waals surface area contributed by atoms with Gasteiger partial charge in [-0.1, -0.05) is 28.1 Å². The van der Waals surface area contributed by atoms with Crippen LogP contribution in [0.15, 0.2) is 28.7 Å². The topological polar surface area (TPSA) is 24.1 Å². The maximum atomic E-state index is 3.49. The average Bonchev–Trinajstić information content (AvgIpc) is 2.29. The first-order valence-electron chi connectivity index (χ1n) is 6.67. The van der Waals surface area contributed by atoms with Gasteiger partial charge in [0.2, 0.25) is 0 Å². The van der Waals surface area contributed by atoms with Crippen LogP contribution < -0.4 is 10.6 Å². The van der Waals surface area contributed by atoms with Crippen LogP contribution in [0, 0.1) is 0 Å². The van der Waals surface area contributed by atoms with E-state index >= 15 is 0 Å². The van der Waals surface area contributed by atoms with Gasteiger partial charge in [0, 0.05) is 10.0 Å². The van der Waals surface area contributed by atoms with E-state index in [-0.39, 0.29) is 5.54 Å². The van der Waals surface area contributed by atoms with Crippen molar-refractivity contribution in [1.29, 1.82) is 0 Å². The second kappa shape index (κ2) is 7.93. The first kappa shape index (κ1) is 15.7. The van der Waals surface area contributed by atoms with Crippen LogP contribution in [0.5, 0.6) is 0 Å². The summed E-state index contributed by atoms with van der Waals surface area (Å²) >= 11 is 3.45. The van der Waals surface area contributed by atoms with Gasteiger partial charge in [-0.15, -0.1) is 0 Å². The minimum Gasteiger partial charge on any atom is -0.316 e. The molecule has 0 saturated carbocycles.